The molecule has 56 valence electrons. The van der Waals surface area contributed by atoms with E-state index >= 15 is 0 Å². The van der Waals surface area contributed by atoms with Crippen molar-refractivity contribution in [3.63, 3.8) is 0 Å². The first-order valence-corrected chi connectivity index (χ1v) is 3.43. The van der Waals surface area contributed by atoms with Crippen LogP contribution in [0, 0.1) is 0 Å². The summed E-state index contributed by atoms with van der Waals surface area (Å²) in [4.78, 5) is 0. The van der Waals surface area contributed by atoms with Gasteiger partial charge in [-0.2, -0.15) is 0 Å². The Morgan fingerprint density at radius 3 is 2.33 bits per heavy atom. The normalized spacial score (nSPS) is 12.0. The summed E-state index contributed by atoms with van der Waals surface area (Å²) in [7, 11) is 1.92. The molecule has 0 aromatic rings. The van der Waals surface area contributed by atoms with E-state index in [0.29, 0.717) is 0 Å². The van der Waals surface area contributed by atoms with Crippen LogP contribution in [0.1, 0.15) is 26.7 Å². The zero-order valence-electron chi connectivity index (χ0n) is 6.57. The Morgan fingerprint density at radius 1 is 1.44 bits per heavy atom. The summed E-state index contributed by atoms with van der Waals surface area (Å²) in [6.07, 6.45) is 1.91. The Hall–Kier alpha value is -0.0800. The molecule has 9 heavy (non-hydrogen) atoms. The third kappa shape index (κ3) is 7.92. The van der Waals surface area contributed by atoms with Crippen LogP contribution in [0.25, 0.3) is 0 Å². The van der Waals surface area contributed by atoms with Gasteiger partial charge < -0.3 is 10.4 Å². The van der Waals surface area contributed by atoms with E-state index in [4.69, 9.17) is 0 Å². The first-order chi connectivity index (χ1) is 4.06. The highest BCUT2D eigenvalue weighted by atomic mass is 16.3. The topological polar surface area (TPSA) is 32.3 Å². The van der Waals surface area contributed by atoms with Gasteiger partial charge in [-0.15, -0.1) is 0 Å². The van der Waals surface area contributed by atoms with E-state index in [0.717, 1.165) is 19.4 Å². The lowest BCUT2D eigenvalue weighted by Crippen LogP contribution is -2.20. The van der Waals surface area contributed by atoms with Crippen LogP contribution >= 0.6 is 0 Å². The summed E-state index contributed by atoms with van der Waals surface area (Å²) in [5, 5.41) is 12.2. The molecule has 0 aromatic heterocycles. The minimum absolute atomic E-state index is 0.489. The van der Waals surface area contributed by atoms with Crippen molar-refractivity contribution in [2.75, 3.05) is 13.6 Å². The van der Waals surface area contributed by atoms with Gasteiger partial charge in [0.1, 0.15) is 0 Å². The van der Waals surface area contributed by atoms with Gasteiger partial charge >= 0.3 is 0 Å². The molecule has 0 aliphatic rings. The first-order valence-electron chi connectivity index (χ1n) is 3.43. The molecule has 0 aromatic carbocycles. The van der Waals surface area contributed by atoms with Crippen molar-refractivity contribution in [1.29, 1.82) is 0 Å². The van der Waals surface area contributed by atoms with Crippen molar-refractivity contribution in [3.8, 4) is 0 Å². The molecule has 0 amide bonds. The molecular weight excluding hydrogens is 114 g/mol. The molecule has 0 saturated heterocycles. The second-order valence-electron chi connectivity index (χ2n) is 3.02. The highest BCUT2D eigenvalue weighted by Gasteiger charge is 2.10. The zero-order valence-corrected chi connectivity index (χ0v) is 6.57. The molecule has 2 N–H and O–H groups in total. The molecule has 0 rings (SSSR count). The summed E-state index contributed by atoms with van der Waals surface area (Å²) in [6.45, 7) is 4.66. The Bertz CT molecular complexity index is 65.8. The molecule has 2 heteroatoms. The average Bonchev–Trinajstić information content (AvgIpc) is 1.63. The predicted octanol–water partition coefficient (Wildman–Crippen LogP) is 0.757. The second kappa shape index (κ2) is 3.85. The second-order valence-corrected chi connectivity index (χ2v) is 3.02. The maximum Gasteiger partial charge on any atom is 0.0592 e. The zero-order chi connectivity index (χ0) is 7.33. The van der Waals surface area contributed by atoms with E-state index in [-0.39, 0.29) is 0 Å². The van der Waals surface area contributed by atoms with Gasteiger partial charge in [-0.3, -0.25) is 0 Å². The van der Waals surface area contributed by atoms with Crippen molar-refractivity contribution in [2.45, 2.75) is 32.3 Å². The fraction of sp³-hybridized carbons (Fsp3) is 1.00. The van der Waals surface area contributed by atoms with Gasteiger partial charge in [-0.25, -0.2) is 0 Å². The molecule has 0 heterocycles. The molecule has 2 nitrogen and oxygen atoms in total. The first kappa shape index (κ1) is 8.92. The van der Waals surface area contributed by atoms with Crippen LogP contribution in [0.15, 0.2) is 0 Å². The summed E-state index contributed by atoms with van der Waals surface area (Å²) >= 11 is 0. The van der Waals surface area contributed by atoms with Gasteiger partial charge in [-0.05, 0) is 40.3 Å². The van der Waals surface area contributed by atoms with Crippen LogP contribution in [-0.4, -0.2) is 24.3 Å². The van der Waals surface area contributed by atoms with E-state index < -0.39 is 5.60 Å². The van der Waals surface area contributed by atoms with Crippen LogP contribution < -0.4 is 5.32 Å². The van der Waals surface area contributed by atoms with Crippen LogP contribution in [0.3, 0.4) is 0 Å². The highest BCUT2D eigenvalue weighted by molar-refractivity contribution is 4.64. The van der Waals surface area contributed by atoms with E-state index in [9.17, 15) is 5.11 Å². The van der Waals surface area contributed by atoms with Gasteiger partial charge in [-0.1, -0.05) is 0 Å². The third-order valence-corrected chi connectivity index (χ3v) is 1.22. The lowest BCUT2D eigenvalue weighted by Gasteiger charge is -2.15. The number of hydrogen-bond acceptors (Lipinski definition) is 2. The molecule has 0 saturated carbocycles. The fourth-order valence-corrected chi connectivity index (χ4v) is 0.698. The smallest absolute Gasteiger partial charge is 0.0592 e. The Labute approximate surface area is 57.3 Å². The highest BCUT2D eigenvalue weighted by Crippen LogP contribution is 2.08. The van der Waals surface area contributed by atoms with Gasteiger partial charge in [0.05, 0.1) is 5.60 Å². The van der Waals surface area contributed by atoms with E-state index in [1.54, 1.807) is 0 Å². The standard InChI is InChI=1S/C7H17NO/c1-7(2,9)5-4-6-8-3/h8-9H,4-6H2,1-3H3. The fourth-order valence-electron chi connectivity index (χ4n) is 0.698. The minimum Gasteiger partial charge on any atom is -0.390 e. The van der Waals surface area contributed by atoms with Crippen LogP contribution in [0.2, 0.25) is 0 Å². The molecule has 0 spiro atoms. The number of rotatable bonds is 4. The van der Waals surface area contributed by atoms with Crippen LogP contribution in [-0.2, 0) is 0 Å². The molecule has 0 atom stereocenters. The Balaban J connectivity index is 3.07. The third-order valence-electron chi connectivity index (χ3n) is 1.22. The van der Waals surface area contributed by atoms with E-state index in [1.807, 2.05) is 20.9 Å². The maximum atomic E-state index is 9.22. The lowest BCUT2D eigenvalue weighted by molar-refractivity contribution is 0.0690. The number of aliphatic hydroxyl groups is 1. The summed E-state index contributed by atoms with van der Waals surface area (Å²) < 4.78 is 0. The SMILES string of the molecule is CNCCCC(C)(C)O. The monoisotopic (exact) mass is 131 g/mol. The molecule has 0 bridgehead atoms. The Kier molecular flexibility index (Phi) is 3.82. The minimum atomic E-state index is -0.489. The van der Waals surface area contributed by atoms with Gasteiger partial charge in [0, 0.05) is 0 Å². The summed E-state index contributed by atoms with van der Waals surface area (Å²) in [6, 6.07) is 0. The quantitative estimate of drug-likeness (QED) is 0.552. The number of nitrogens with one attached hydrogen (secondary N) is 1. The maximum absolute atomic E-state index is 9.22. The molecule has 0 radical (unpaired) electrons. The largest absolute Gasteiger partial charge is 0.390 e. The Morgan fingerprint density at radius 2 is 2.00 bits per heavy atom. The molecular formula is C7H17NO. The van der Waals surface area contributed by atoms with Crippen molar-refractivity contribution < 1.29 is 5.11 Å². The summed E-state index contributed by atoms with van der Waals surface area (Å²) in [5.74, 6) is 0. The molecule has 0 unspecified atom stereocenters. The van der Waals surface area contributed by atoms with Crippen molar-refractivity contribution >= 4 is 0 Å². The van der Waals surface area contributed by atoms with Gasteiger partial charge in [0.15, 0.2) is 0 Å². The number of hydrogen-bond donors (Lipinski definition) is 2. The van der Waals surface area contributed by atoms with Crippen molar-refractivity contribution in [3.05, 3.63) is 0 Å². The molecule has 0 aliphatic heterocycles. The van der Waals surface area contributed by atoms with Crippen molar-refractivity contribution in [2.24, 2.45) is 0 Å². The molecule has 0 fully saturated rings. The van der Waals surface area contributed by atoms with E-state index in [1.165, 1.54) is 0 Å². The van der Waals surface area contributed by atoms with Crippen LogP contribution in [0.5, 0.6) is 0 Å². The molecule has 0 aliphatic carbocycles. The lowest BCUT2D eigenvalue weighted by atomic mass is 10.0. The van der Waals surface area contributed by atoms with Crippen LogP contribution in [0.4, 0.5) is 0 Å². The van der Waals surface area contributed by atoms with Gasteiger partial charge in [0.2, 0.25) is 0 Å². The van der Waals surface area contributed by atoms with Crippen molar-refractivity contribution in [1.82, 2.24) is 5.32 Å². The average molecular weight is 131 g/mol. The van der Waals surface area contributed by atoms with Gasteiger partial charge in [0.25, 0.3) is 0 Å². The van der Waals surface area contributed by atoms with E-state index in [2.05, 4.69) is 5.32 Å². The predicted molar refractivity (Wildman–Crippen MR) is 39.5 cm³/mol. The summed E-state index contributed by atoms with van der Waals surface area (Å²) in [5.41, 5.74) is -0.489.